The van der Waals surface area contributed by atoms with E-state index < -0.39 is 0 Å². The van der Waals surface area contributed by atoms with E-state index in [2.05, 4.69) is 10.3 Å². The number of thiazole rings is 1. The molecule has 1 aromatic carbocycles. The molecule has 3 rings (SSSR count). The minimum atomic E-state index is -0.172. The normalized spacial score (nSPS) is 12.4. The van der Waals surface area contributed by atoms with Gasteiger partial charge in [0.15, 0.2) is 16.6 Å². The SMILES string of the molecule is Cc1nc(N)sc1C(=O)NCc1ccc2c(c1)OCO2. The number of anilines is 1. The Balaban J connectivity index is 1.67. The van der Waals surface area contributed by atoms with E-state index in [-0.39, 0.29) is 12.7 Å². The molecule has 0 saturated heterocycles. The van der Waals surface area contributed by atoms with Gasteiger partial charge in [0, 0.05) is 6.54 Å². The molecule has 0 unspecified atom stereocenters. The highest BCUT2D eigenvalue weighted by atomic mass is 32.1. The van der Waals surface area contributed by atoms with Crippen molar-refractivity contribution in [2.24, 2.45) is 0 Å². The average Bonchev–Trinajstić information content (AvgIpc) is 3.01. The lowest BCUT2D eigenvalue weighted by Crippen LogP contribution is -2.22. The third-order valence-electron chi connectivity index (χ3n) is 2.91. The van der Waals surface area contributed by atoms with Crippen LogP contribution in [0, 0.1) is 6.92 Å². The van der Waals surface area contributed by atoms with Crippen LogP contribution in [0.15, 0.2) is 18.2 Å². The molecule has 0 radical (unpaired) electrons. The molecule has 20 heavy (non-hydrogen) atoms. The van der Waals surface area contributed by atoms with Crippen molar-refractivity contribution in [3.05, 3.63) is 34.3 Å². The number of hydrogen-bond donors (Lipinski definition) is 2. The zero-order valence-electron chi connectivity index (χ0n) is 10.8. The monoisotopic (exact) mass is 291 g/mol. The highest BCUT2D eigenvalue weighted by Crippen LogP contribution is 2.32. The number of carbonyl (C=O) groups is 1. The van der Waals surface area contributed by atoms with Crippen LogP contribution in [0.4, 0.5) is 5.13 Å². The maximum atomic E-state index is 12.0. The molecule has 6 nitrogen and oxygen atoms in total. The number of aromatic nitrogens is 1. The second-order valence-corrected chi connectivity index (χ2v) is 5.37. The maximum Gasteiger partial charge on any atom is 0.263 e. The number of nitrogens with one attached hydrogen (secondary N) is 1. The third kappa shape index (κ3) is 2.39. The Kier molecular flexibility index (Phi) is 3.19. The van der Waals surface area contributed by atoms with Crippen molar-refractivity contribution < 1.29 is 14.3 Å². The Bertz CT molecular complexity index is 669. The first-order valence-corrected chi connectivity index (χ1v) is 6.85. The molecule has 0 saturated carbocycles. The number of benzene rings is 1. The number of nitrogen functional groups attached to an aromatic ring is 1. The van der Waals surface area contributed by atoms with Gasteiger partial charge in [0.05, 0.1) is 5.69 Å². The van der Waals surface area contributed by atoms with Gasteiger partial charge < -0.3 is 20.5 Å². The smallest absolute Gasteiger partial charge is 0.263 e. The van der Waals surface area contributed by atoms with Crippen LogP contribution < -0.4 is 20.5 Å². The molecule has 3 N–H and O–H groups in total. The lowest BCUT2D eigenvalue weighted by atomic mass is 10.2. The third-order valence-corrected chi connectivity index (χ3v) is 3.89. The maximum absolute atomic E-state index is 12.0. The molecule has 1 aliphatic heterocycles. The van der Waals surface area contributed by atoms with Crippen LogP contribution in [0.1, 0.15) is 20.9 Å². The number of hydrogen-bond acceptors (Lipinski definition) is 6. The molecule has 2 aromatic rings. The molecule has 104 valence electrons. The average molecular weight is 291 g/mol. The van der Waals surface area contributed by atoms with Gasteiger partial charge >= 0.3 is 0 Å². The summed E-state index contributed by atoms with van der Waals surface area (Å²) in [6.45, 7) is 2.42. The first kappa shape index (κ1) is 12.7. The van der Waals surface area contributed by atoms with Crippen molar-refractivity contribution in [2.45, 2.75) is 13.5 Å². The van der Waals surface area contributed by atoms with Crippen LogP contribution in [0.25, 0.3) is 0 Å². The van der Waals surface area contributed by atoms with Gasteiger partial charge in [-0.25, -0.2) is 4.98 Å². The van der Waals surface area contributed by atoms with E-state index >= 15 is 0 Å². The van der Waals surface area contributed by atoms with Crippen LogP contribution in [-0.2, 0) is 6.54 Å². The predicted molar refractivity (Wildman–Crippen MR) is 75.0 cm³/mol. The highest BCUT2D eigenvalue weighted by molar-refractivity contribution is 7.17. The number of amides is 1. The number of rotatable bonds is 3. The van der Waals surface area contributed by atoms with Crippen LogP contribution in [0.2, 0.25) is 0 Å². The van der Waals surface area contributed by atoms with Gasteiger partial charge in [0.25, 0.3) is 5.91 Å². The summed E-state index contributed by atoms with van der Waals surface area (Å²) >= 11 is 1.19. The lowest BCUT2D eigenvalue weighted by Gasteiger charge is -2.05. The summed E-state index contributed by atoms with van der Waals surface area (Å²) < 4.78 is 10.5. The van der Waals surface area contributed by atoms with Gasteiger partial charge in [0.1, 0.15) is 4.88 Å². The van der Waals surface area contributed by atoms with E-state index in [0.29, 0.717) is 28.0 Å². The van der Waals surface area contributed by atoms with E-state index in [0.717, 1.165) is 11.3 Å². The first-order chi connectivity index (χ1) is 9.63. The van der Waals surface area contributed by atoms with Crippen LogP contribution >= 0.6 is 11.3 Å². The van der Waals surface area contributed by atoms with E-state index in [9.17, 15) is 4.79 Å². The standard InChI is InChI=1S/C13H13N3O3S/c1-7-11(20-13(14)16-7)12(17)15-5-8-2-3-9-10(4-8)19-6-18-9/h2-4H,5-6H2,1H3,(H2,14,16)(H,15,17). The quantitative estimate of drug-likeness (QED) is 0.898. The van der Waals surface area contributed by atoms with E-state index in [1.165, 1.54) is 11.3 Å². The van der Waals surface area contributed by atoms with E-state index in [4.69, 9.17) is 15.2 Å². The Morgan fingerprint density at radius 2 is 2.25 bits per heavy atom. The molecule has 0 fully saturated rings. The summed E-state index contributed by atoms with van der Waals surface area (Å²) in [7, 11) is 0. The van der Waals surface area contributed by atoms with Gasteiger partial charge in [-0.3, -0.25) is 4.79 Å². The summed E-state index contributed by atoms with van der Waals surface area (Å²) in [6.07, 6.45) is 0. The first-order valence-electron chi connectivity index (χ1n) is 6.03. The number of aryl methyl sites for hydroxylation is 1. The fraction of sp³-hybridized carbons (Fsp3) is 0.231. The molecule has 0 atom stereocenters. The summed E-state index contributed by atoms with van der Waals surface area (Å²) in [5.74, 6) is 1.26. The zero-order valence-corrected chi connectivity index (χ0v) is 11.6. The molecule has 0 spiro atoms. The predicted octanol–water partition coefficient (Wildman–Crippen LogP) is 1.69. The molecule has 1 aromatic heterocycles. The van der Waals surface area contributed by atoms with Crippen molar-refractivity contribution in [3.8, 4) is 11.5 Å². The number of nitrogens with zero attached hydrogens (tertiary/aromatic N) is 1. The fourth-order valence-electron chi connectivity index (χ4n) is 1.94. The largest absolute Gasteiger partial charge is 0.454 e. The second-order valence-electron chi connectivity index (χ2n) is 4.34. The Morgan fingerprint density at radius 1 is 1.45 bits per heavy atom. The zero-order chi connectivity index (χ0) is 14.1. The topological polar surface area (TPSA) is 86.5 Å². The summed E-state index contributed by atoms with van der Waals surface area (Å²) in [5.41, 5.74) is 7.17. The minimum absolute atomic E-state index is 0.172. The van der Waals surface area contributed by atoms with Crippen molar-refractivity contribution in [1.29, 1.82) is 0 Å². The molecule has 1 amide bonds. The molecule has 2 heterocycles. The summed E-state index contributed by atoms with van der Waals surface area (Å²) in [6, 6.07) is 5.58. The van der Waals surface area contributed by atoms with Crippen molar-refractivity contribution in [1.82, 2.24) is 10.3 Å². The molecule has 1 aliphatic rings. The van der Waals surface area contributed by atoms with E-state index in [1.54, 1.807) is 6.92 Å². The van der Waals surface area contributed by atoms with Gasteiger partial charge in [-0.05, 0) is 24.6 Å². The van der Waals surface area contributed by atoms with Gasteiger partial charge in [-0.15, -0.1) is 0 Å². The van der Waals surface area contributed by atoms with Crippen molar-refractivity contribution in [3.63, 3.8) is 0 Å². The van der Waals surface area contributed by atoms with Gasteiger partial charge in [-0.1, -0.05) is 17.4 Å². The van der Waals surface area contributed by atoms with Gasteiger partial charge in [-0.2, -0.15) is 0 Å². The Labute approximate surface area is 119 Å². The molecular weight excluding hydrogens is 278 g/mol. The summed E-state index contributed by atoms with van der Waals surface area (Å²) in [4.78, 5) is 16.6. The molecular formula is C13H13N3O3S. The highest BCUT2D eigenvalue weighted by Gasteiger charge is 2.16. The number of nitrogens with two attached hydrogens (primary N) is 1. The number of carbonyl (C=O) groups excluding carboxylic acids is 1. The Morgan fingerprint density at radius 3 is 3.00 bits per heavy atom. The molecule has 0 bridgehead atoms. The molecule has 7 heteroatoms. The Hall–Kier alpha value is -2.28. The van der Waals surface area contributed by atoms with Gasteiger partial charge in [0.2, 0.25) is 6.79 Å². The second kappa shape index (κ2) is 5.01. The molecule has 0 aliphatic carbocycles. The van der Waals surface area contributed by atoms with Crippen molar-refractivity contribution in [2.75, 3.05) is 12.5 Å². The number of ether oxygens (including phenoxy) is 2. The number of fused-ring (bicyclic) bond motifs is 1. The fourth-order valence-corrected chi connectivity index (χ4v) is 2.69. The van der Waals surface area contributed by atoms with Crippen LogP contribution in [-0.4, -0.2) is 17.7 Å². The van der Waals surface area contributed by atoms with Crippen LogP contribution in [0.3, 0.4) is 0 Å². The summed E-state index contributed by atoms with van der Waals surface area (Å²) in [5, 5.41) is 3.24. The van der Waals surface area contributed by atoms with Crippen molar-refractivity contribution >= 4 is 22.4 Å². The van der Waals surface area contributed by atoms with Crippen LogP contribution in [0.5, 0.6) is 11.5 Å². The van der Waals surface area contributed by atoms with E-state index in [1.807, 2.05) is 18.2 Å². The lowest BCUT2D eigenvalue weighted by molar-refractivity contribution is 0.0954. The minimum Gasteiger partial charge on any atom is -0.454 e.